The van der Waals surface area contributed by atoms with Gasteiger partial charge in [-0.3, -0.25) is 4.79 Å². The van der Waals surface area contributed by atoms with Crippen LogP contribution in [0.3, 0.4) is 0 Å². The van der Waals surface area contributed by atoms with Crippen LogP contribution in [0.4, 0.5) is 10.1 Å². The van der Waals surface area contributed by atoms with E-state index in [4.69, 9.17) is 0 Å². The van der Waals surface area contributed by atoms with Crippen LogP contribution in [0.2, 0.25) is 0 Å². The smallest absolute Gasteiger partial charge is 0.255 e. The maximum atomic E-state index is 13.1. The van der Waals surface area contributed by atoms with E-state index in [1.807, 2.05) is 42.1 Å². The van der Waals surface area contributed by atoms with Gasteiger partial charge in [-0.15, -0.1) is 0 Å². The van der Waals surface area contributed by atoms with Gasteiger partial charge >= 0.3 is 0 Å². The first-order valence-corrected chi connectivity index (χ1v) is 6.25. The maximum absolute atomic E-state index is 13.1. The predicted octanol–water partition coefficient (Wildman–Crippen LogP) is 3.57. The topological polar surface area (TPSA) is 34.0 Å². The first kappa shape index (κ1) is 12.4. The summed E-state index contributed by atoms with van der Waals surface area (Å²) in [5.41, 5.74) is 2.02. The first-order chi connectivity index (χ1) is 9.63. The van der Waals surface area contributed by atoms with Crippen LogP contribution in [0.1, 0.15) is 10.4 Å². The average Bonchev–Trinajstić information content (AvgIpc) is 2.80. The largest absolute Gasteiger partial charge is 0.350 e. The molecule has 20 heavy (non-hydrogen) atoms. The Bertz CT molecular complexity index is 792. The van der Waals surface area contributed by atoms with Crippen LogP contribution in [0.5, 0.6) is 0 Å². The normalized spacial score (nSPS) is 10.7. The average molecular weight is 268 g/mol. The number of halogens is 1. The quantitative estimate of drug-likeness (QED) is 0.757. The summed E-state index contributed by atoms with van der Waals surface area (Å²) in [6.45, 7) is 0. The zero-order valence-corrected chi connectivity index (χ0v) is 10.9. The Morgan fingerprint density at radius 3 is 2.80 bits per heavy atom. The molecule has 0 aliphatic carbocycles. The number of rotatable bonds is 2. The van der Waals surface area contributed by atoms with E-state index in [0.717, 1.165) is 10.9 Å². The van der Waals surface area contributed by atoms with E-state index in [-0.39, 0.29) is 5.91 Å². The lowest BCUT2D eigenvalue weighted by Gasteiger charge is -2.06. The molecule has 1 aromatic heterocycles. The summed E-state index contributed by atoms with van der Waals surface area (Å²) in [7, 11) is 1.94. The molecule has 0 bridgehead atoms. The molecule has 4 heteroatoms. The molecule has 0 saturated heterocycles. The van der Waals surface area contributed by atoms with Gasteiger partial charge in [0, 0.05) is 30.0 Å². The Morgan fingerprint density at radius 1 is 1.15 bits per heavy atom. The molecule has 100 valence electrons. The van der Waals surface area contributed by atoms with Gasteiger partial charge in [0.05, 0.1) is 0 Å². The highest BCUT2D eigenvalue weighted by Crippen LogP contribution is 2.20. The molecule has 0 aliphatic rings. The number of benzene rings is 2. The lowest BCUT2D eigenvalue weighted by Crippen LogP contribution is -2.12. The highest BCUT2D eigenvalue weighted by Gasteiger charge is 2.08. The van der Waals surface area contributed by atoms with Gasteiger partial charge in [0.25, 0.3) is 5.91 Å². The molecule has 0 radical (unpaired) electrons. The second kappa shape index (κ2) is 4.81. The monoisotopic (exact) mass is 268 g/mol. The van der Waals surface area contributed by atoms with Crippen LogP contribution in [0.15, 0.2) is 54.7 Å². The number of anilines is 1. The van der Waals surface area contributed by atoms with E-state index in [2.05, 4.69) is 5.32 Å². The van der Waals surface area contributed by atoms with Crippen molar-refractivity contribution in [3.8, 4) is 0 Å². The highest BCUT2D eigenvalue weighted by atomic mass is 19.1. The molecular formula is C16H13FN2O. The van der Waals surface area contributed by atoms with Crippen LogP contribution >= 0.6 is 0 Å². The van der Waals surface area contributed by atoms with Gasteiger partial charge in [-0.25, -0.2) is 4.39 Å². The van der Waals surface area contributed by atoms with Gasteiger partial charge in [-0.2, -0.15) is 0 Å². The van der Waals surface area contributed by atoms with E-state index in [1.54, 1.807) is 6.07 Å². The Labute approximate surface area is 115 Å². The summed E-state index contributed by atoms with van der Waals surface area (Å²) in [6, 6.07) is 13.3. The summed E-state index contributed by atoms with van der Waals surface area (Å²) in [4.78, 5) is 12.0. The molecular weight excluding hydrogens is 255 g/mol. The van der Waals surface area contributed by atoms with E-state index >= 15 is 0 Å². The molecule has 1 heterocycles. The fourth-order valence-electron chi connectivity index (χ4n) is 2.17. The number of nitrogens with one attached hydrogen (secondary N) is 1. The Hall–Kier alpha value is -2.62. The minimum atomic E-state index is -0.421. The van der Waals surface area contributed by atoms with Gasteiger partial charge < -0.3 is 9.88 Å². The summed E-state index contributed by atoms with van der Waals surface area (Å²) in [6.07, 6.45) is 1.96. The molecule has 0 fully saturated rings. The zero-order chi connectivity index (χ0) is 14.1. The number of aromatic nitrogens is 1. The molecule has 1 N–H and O–H groups in total. The van der Waals surface area contributed by atoms with E-state index in [0.29, 0.717) is 11.3 Å². The summed E-state index contributed by atoms with van der Waals surface area (Å²) < 4.78 is 15.1. The van der Waals surface area contributed by atoms with Crippen LogP contribution < -0.4 is 5.32 Å². The molecule has 0 saturated carbocycles. The van der Waals surface area contributed by atoms with Crippen molar-refractivity contribution in [1.29, 1.82) is 0 Å². The molecule has 2 aromatic carbocycles. The van der Waals surface area contributed by atoms with Crippen LogP contribution in [-0.4, -0.2) is 10.5 Å². The van der Waals surface area contributed by atoms with Crippen LogP contribution in [0.25, 0.3) is 10.9 Å². The number of carbonyl (C=O) groups excluding carboxylic acids is 1. The summed E-state index contributed by atoms with van der Waals surface area (Å²) >= 11 is 0. The van der Waals surface area contributed by atoms with Crippen molar-refractivity contribution < 1.29 is 9.18 Å². The van der Waals surface area contributed by atoms with Gasteiger partial charge in [0.15, 0.2) is 0 Å². The fourth-order valence-corrected chi connectivity index (χ4v) is 2.17. The van der Waals surface area contributed by atoms with Gasteiger partial charge in [-0.05, 0) is 41.8 Å². The highest BCUT2D eigenvalue weighted by molar-refractivity contribution is 6.05. The number of fused-ring (bicyclic) bond motifs is 1. The predicted molar refractivity (Wildman–Crippen MR) is 77.3 cm³/mol. The van der Waals surface area contributed by atoms with E-state index < -0.39 is 5.82 Å². The molecule has 3 aromatic rings. The third kappa shape index (κ3) is 2.28. The van der Waals surface area contributed by atoms with Crippen LogP contribution in [0, 0.1) is 5.82 Å². The number of carbonyl (C=O) groups is 1. The Balaban J connectivity index is 1.89. The zero-order valence-electron chi connectivity index (χ0n) is 10.9. The maximum Gasteiger partial charge on any atom is 0.255 e. The number of hydrogen-bond donors (Lipinski definition) is 1. The summed E-state index contributed by atoms with van der Waals surface area (Å²) in [5.74, 6) is -0.742. The second-order valence-electron chi connectivity index (χ2n) is 4.66. The molecule has 0 spiro atoms. The fraction of sp³-hybridized carbons (Fsp3) is 0.0625. The minimum Gasteiger partial charge on any atom is -0.350 e. The third-order valence-electron chi connectivity index (χ3n) is 3.23. The lowest BCUT2D eigenvalue weighted by molar-refractivity contribution is 0.102. The SMILES string of the molecule is Cn1ccc2ccc(NC(=O)c3cccc(F)c3)cc21. The van der Waals surface area contributed by atoms with Crippen molar-refractivity contribution in [3.05, 3.63) is 66.1 Å². The van der Waals surface area contributed by atoms with Gasteiger partial charge in [-0.1, -0.05) is 12.1 Å². The third-order valence-corrected chi connectivity index (χ3v) is 3.23. The van der Waals surface area contributed by atoms with Crippen molar-refractivity contribution in [2.75, 3.05) is 5.32 Å². The van der Waals surface area contributed by atoms with Crippen LogP contribution in [-0.2, 0) is 7.05 Å². The molecule has 0 atom stereocenters. The number of amides is 1. The van der Waals surface area contributed by atoms with Crippen molar-refractivity contribution in [3.63, 3.8) is 0 Å². The number of aryl methyl sites for hydroxylation is 1. The number of nitrogens with zero attached hydrogens (tertiary/aromatic N) is 1. The standard InChI is InChI=1S/C16H13FN2O/c1-19-8-7-11-5-6-14(10-15(11)19)18-16(20)12-3-2-4-13(17)9-12/h2-10H,1H3,(H,18,20). The summed E-state index contributed by atoms with van der Waals surface area (Å²) in [5, 5.41) is 3.88. The minimum absolute atomic E-state index is 0.303. The second-order valence-corrected chi connectivity index (χ2v) is 4.66. The lowest BCUT2D eigenvalue weighted by atomic mass is 10.2. The first-order valence-electron chi connectivity index (χ1n) is 6.25. The van der Waals surface area contributed by atoms with Crippen molar-refractivity contribution in [2.24, 2.45) is 7.05 Å². The number of hydrogen-bond acceptors (Lipinski definition) is 1. The van der Waals surface area contributed by atoms with Gasteiger partial charge in [0.2, 0.25) is 0 Å². The molecule has 1 amide bonds. The van der Waals surface area contributed by atoms with Gasteiger partial charge in [0.1, 0.15) is 5.82 Å². The molecule has 3 rings (SSSR count). The molecule has 3 nitrogen and oxygen atoms in total. The Kier molecular flexibility index (Phi) is 2.99. The van der Waals surface area contributed by atoms with Crippen molar-refractivity contribution in [2.45, 2.75) is 0 Å². The van der Waals surface area contributed by atoms with Crippen molar-refractivity contribution >= 4 is 22.5 Å². The van der Waals surface area contributed by atoms with E-state index in [1.165, 1.54) is 18.2 Å². The van der Waals surface area contributed by atoms with Crippen molar-refractivity contribution in [1.82, 2.24) is 4.57 Å². The Morgan fingerprint density at radius 2 is 2.00 bits per heavy atom. The molecule has 0 aliphatic heterocycles. The molecule has 0 unspecified atom stereocenters. The van der Waals surface area contributed by atoms with E-state index in [9.17, 15) is 9.18 Å².